The molecule has 0 N–H and O–H groups in total. The van der Waals surface area contributed by atoms with Gasteiger partial charge in [-0.2, -0.15) is 0 Å². The Bertz CT molecular complexity index is 1310. The second-order valence-corrected chi connectivity index (χ2v) is 8.36. The van der Waals surface area contributed by atoms with E-state index in [4.69, 9.17) is 21.3 Å². The first-order valence-corrected chi connectivity index (χ1v) is 10.9. The quantitative estimate of drug-likeness (QED) is 0.475. The molecule has 2 aromatic heterocycles. The Morgan fingerprint density at radius 2 is 1.91 bits per heavy atom. The summed E-state index contributed by atoms with van der Waals surface area (Å²) in [6.07, 6.45) is 0. The first kappa shape index (κ1) is 20.7. The molecule has 0 radical (unpaired) electrons. The maximum Gasteiger partial charge on any atom is 0.248 e. The van der Waals surface area contributed by atoms with Gasteiger partial charge in [-0.3, -0.25) is 4.79 Å². The molecule has 0 aliphatic carbocycles. The minimum absolute atomic E-state index is 0.000275. The third kappa shape index (κ3) is 3.65. The van der Waals surface area contributed by atoms with Gasteiger partial charge in [-0.15, -0.1) is 10.2 Å². The summed E-state index contributed by atoms with van der Waals surface area (Å²) in [4.78, 5) is 21.2. The van der Waals surface area contributed by atoms with E-state index in [0.29, 0.717) is 31.2 Å². The van der Waals surface area contributed by atoms with Crippen molar-refractivity contribution in [2.45, 2.75) is 6.92 Å². The molecule has 0 saturated carbocycles. The Morgan fingerprint density at radius 3 is 2.66 bits per heavy atom. The lowest BCUT2D eigenvalue weighted by Gasteiger charge is -2.35. The smallest absolute Gasteiger partial charge is 0.248 e. The number of nitrogens with zero attached hydrogens (tertiary/aromatic N) is 6. The minimum atomic E-state index is 0.000275. The second-order valence-electron chi connectivity index (χ2n) is 7.93. The summed E-state index contributed by atoms with van der Waals surface area (Å²) in [5.74, 6) is 1.48. The molecule has 0 unspecified atom stereocenters. The zero-order valence-electron chi connectivity index (χ0n) is 18.0. The van der Waals surface area contributed by atoms with E-state index in [-0.39, 0.29) is 12.5 Å². The van der Waals surface area contributed by atoms with Crippen molar-refractivity contribution in [3.8, 4) is 11.4 Å². The van der Waals surface area contributed by atoms with Crippen LogP contribution in [-0.2, 0) is 9.53 Å². The highest BCUT2D eigenvalue weighted by atomic mass is 35.5. The van der Waals surface area contributed by atoms with Crippen molar-refractivity contribution >= 4 is 40.0 Å². The van der Waals surface area contributed by atoms with E-state index in [1.807, 2.05) is 39.6 Å². The molecular weight excluding hydrogens is 428 g/mol. The molecule has 3 heterocycles. The van der Waals surface area contributed by atoms with Crippen LogP contribution in [-0.4, -0.2) is 70.3 Å². The summed E-state index contributed by atoms with van der Waals surface area (Å²) in [5, 5.41) is 10.6. The van der Waals surface area contributed by atoms with E-state index in [2.05, 4.69) is 34.2 Å². The molecule has 0 bridgehead atoms. The van der Waals surface area contributed by atoms with Gasteiger partial charge in [0.25, 0.3) is 0 Å². The molecule has 4 aromatic rings. The molecule has 8 nitrogen and oxygen atoms in total. The van der Waals surface area contributed by atoms with Crippen LogP contribution in [0.15, 0.2) is 42.5 Å². The Kier molecular flexibility index (Phi) is 5.40. The number of piperazine rings is 1. The number of fused-ring (bicyclic) bond motifs is 3. The average molecular weight is 451 g/mol. The van der Waals surface area contributed by atoms with Crippen LogP contribution in [0.25, 0.3) is 27.9 Å². The summed E-state index contributed by atoms with van der Waals surface area (Å²) in [5.41, 5.74) is 3.62. The number of hydrogen-bond acceptors (Lipinski definition) is 6. The van der Waals surface area contributed by atoms with Crippen LogP contribution in [0.5, 0.6) is 0 Å². The average Bonchev–Trinajstić information content (AvgIpc) is 3.24. The number of aromatic nitrogens is 4. The van der Waals surface area contributed by atoms with Crippen molar-refractivity contribution in [1.82, 2.24) is 24.5 Å². The van der Waals surface area contributed by atoms with Crippen molar-refractivity contribution in [2.24, 2.45) is 0 Å². The van der Waals surface area contributed by atoms with E-state index >= 15 is 0 Å². The van der Waals surface area contributed by atoms with E-state index in [1.54, 1.807) is 0 Å². The summed E-state index contributed by atoms with van der Waals surface area (Å²) in [6, 6.07) is 13.8. The lowest BCUT2D eigenvalue weighted by molar-refractivity contribution is -0.135. The van der Waals surface area contributed by atoms with Gasteiger partial charge in [-0.25, -0.2) is 9.38 Å². The third-order valence-electron chi connectivity index (χ3n) is 5.74. The molecule has 1 aliphatic rings. The van der Waals surface area contributed by atoms with E-state index in [9.17, 15) is 4.79 Å². The highest BCUT2D eigenvalue weighted by Gasteiger charge is 2.26. The maximum atomic E-state index is 12.2. The zero-order chi connectivity index (χ0) is 22.2. The number of amides is 1. The monoisotopic (exact) mass is 450 g/mol. The van der Waals surface area contributed by atoms with Crippen LogP contribution >= 0.6 is 11.6 Å². The maximum absolute atomic E-state index is 12.2. The Balaban J connectivity index is 1.63. The fourth-order valence-corrected chi connectivity index (χ4v) is 4.31. The molecule has 2 aromatic carbocycles. The molecule has 0 atom stereocenters. The minimum Gasteiger partial charge on any atom is -0.375 e. The van der Waals surface area contributed by atoms with Crippen LogP contribution < -0.4 is 4.90 Å². The number of methoxy groups -OCH3 is 1. The summed E-state index contributed by atoms with van der Waals surface area (Å²) >= 11 is 6.26. The van der Waals surface area contributed by atoms with Crippen molar-refractivity contribution < 1.29 is 9.53 Å². The summed E-state index contributed by atoms with van der Waals surface area (Å²) < 4.78 is 7.01. The molecule has 9 heteroatoms. The van der Waals surface area contributed by atoms with Crippen molar-refractivity contribution in [2.75, 3.05) is 44.8 Å². The predicted molar refractivity (Wildman–Crippen MR) is 124 cm³/mol. The third-order valence-corrected chi connectivity index (χ3v) is 5.98. The Labute approximate surface area is 190 Å². The Hall–Kier alpha value is -3.23. The molecule has 1 fully saturated rings. The lowest BCUT2D eigenvalue weighted by Crippen LogP contribution is -2.50. The van der Waals surface area contributed by atoms with Gasteiger partial charge in [0, 0.05) is 49.3 Å². The first-order chi connectivity index (χ1) is 15.5. The highest BCUT2D eigenvalue weighted by molar-refractivity contribution is 6.31. The number of rotatable bonds is 4. The van der Waals surface area contributed by atoms with Crippen LogP contribution in [0.1, 0.15) is 5.56 Å². The number of aryl methyl sites for hydroxylation is 1. The molecule has 1 amide bonds. The predicted octanol–water partition coefficient (Wildman–Crippen LogP) is 3.20. The van der Waals surface area contributed by atoms with Gasteiger partial charge in [0.1, 0.15) is 6.61 Å². The Morgan fingerprint density at radius 1 is 1.09 bits per heavy atom. The number of halogens is 1. The number of hydrogen-bond donors (Lipinski definition) is 0. The standard InChI is InChI=1S/C23H23ClN6O2/c1-15-4-3-5-16(12-15)21-26-27-22-18-7-6-17(24)13-19(18)25-23(30(21)22)29-10-8-28(9-11-29)20(31)14-32-2/h3-7,12-13H,8-11,14H2,1-2H3. The molecule has 5 rings (SSSR count). The number of ether oxygens (including phenoxy) is 1. The summed E-state index contributed by atoms with van der Waals surface area (Å²) in [7, 11) is 1.54. The molecule has 0 spiro atoms. The van der Waals surface area contributed by atoms with Crippen LogP contribution in [0.4, 0.5) is 5.95 Å². The molecular formula is C23H23ClN6O2. The second kappa shape index (κ2) is 8.37. The fraction of sp³-hybridized carbons (Fsp3) is 0.304. The van der Waals surface area contributed by atoms with Crippen LogP contribution in [0.3, 0.4) is 0 Å². The van der Waals surface area contributed by atoms with E-state index in [0.717, 1.165) is 39.4 Å². The SMILES string of the molecule is COCC(=O)N1CCN(c2nc3cc(Cl)ccc3c3nnc(-c4cccc(C)c4)n23)CC1. The number of carbonyl (C=O) groups excluding carboxylic acids is 1. The molecule has 1 aliphatic heterocycles. The highest BCUT2D eigenvalue weighted by Crippen LogP contribution is 2.30. The van der Waals surface area contributed by atoms with Crippen molar-refractivity contribution in [1.29, 1.82) is 0 Å². The first-order valence-electron chi connectivity index (χ1n) is 10.5. The van der Waals surface area contributed by atoms with Crippen molar-refractivity contribution in [3.63, 3.8) is 0 Å². The van der Waals surface area contributed by atoms with Gasteiger partial charge in [-0.1, -0.05) is 35.4 Å². The van der Waals surface area contributed by atoms with Gasteiger partial charge in [-0.05, 0) is 31.2 Å². The molecule has 164 valence electrons. The van der Waals surface area contributed by atoms with Gasteiger partial charge >= 0.3 is 0 Å². The zero-order valence-corrected chi connectivity index (χ0v) is 18.7. The van der Waals surface area contributed by atoms with Crippen LogP contribution in [0, 0.1) is 6.92 Å². The number of carbonyl (C=O) groups is 1. The van der Waals surface area contributed by atoms with Crippen LogP contribution in [0.2, 0.25) is 5.02 Å². The fourth-order valence-electron chi connectivity index (χ4n) is 4.15. The number of benzene rings is 2. The van der Waals surface area contributed by atoms with E-state index in [1.165, 1.54) is 7.11 Å². The van der Waals surface area contributed by atoms with Gasteiger partial charge in [0.05, 0.1) is 5.52 Å². The van der Waals surface area contributed by atoms with E-state index < -0.39 is 0 Å². The van der Waals surface area contributed by atoms with Gasteiger partial charge < -0.3 is 14.5 Å². The normalized spacial score (nSPS) is 14.5. The van der Waals surface area contributed by atoms with Gasteiger partial charge in [0.15, 0.2) is 11.5 Å². The summed E-state index contributed by atoms with van der Waals surface area (Å²) in [6.45, 7) is 4.64. The topological polar surface area (TPSA) is 75.9 Å². The molecule has 32 heavy (non-hydrogen) atoms. The largest absolute Gasteiger partial charge is 0.375 e. The van der Waals surface area contributed by atoms with Gasteiger partial charge in [0.2, 0.25) is 11.9 Å². The lowest BCUT2D eigenvalue weighted by atomic mass is 10.1. The number of anilines is 1. The molecule has 1 saturated heterocycles. The van der Waals surface area contributed by atoms with Crippen molar-refractivity contribution in [3.05, 3.63) is 53.1 Å².